The number of hydrogen-bond donors (Lipinski definition) is 2. The molecular formula is C11H17N3O. The Labute approximate surface area is 89.9 Å². The van der Waals surface area contributed by atoms with E-state index in [0.717, 1.165) is 18.7 Å². The summed E-state index contributed by atoms with van der Waals surface area (Å²) in [5.74, 6) is -0.429. The van der Waals surface area contributed by atoms with Gasteiger partial charge in [0.25, 0.3) is 0 Å². The maximum absolute atomic E-state index is 11.0. The molecule has 0 saturated carbocycles. The van der Waals surface area contributed by atoms with Gasteiger partial charge in [-0.1, -0.05) is 6.92 Å². The zero-order valence-electron chi connectivity index (χ0n) is 9.16. The monoisotopic (exact) mass is 207 g/mol. The Morgan fingerprint density at radius 1 is 1.47 bits per heavy atom. The van der Waals surface area contributed by atoms with E-state index in [2.05, 4.69) is 6.92 Å². The van der Waals surface area contributed by atoms with Crippen LogP contribution in [-0.4, -0.2) is 19.5 Å². The second-order valence-corrected chi connectivity index (χ2v) is 3.56. The van der Waals surface area contributed by atoms with Crippen molar-refractivity contribution in [2.75, 3.05) is 24.2 Å². The van der Waals surface area contributed by atoms with E-state index in [1.165, 1.54) is 0 Å². The summed E-state index contributed by atoms with van der Waals surface area (Å²) in [6.45, 7) is 2.98. The molecule has 1 rings (SSSR count). The van der Waals surface area contributed by atoms with Gasteiger partial charge in [-0.3, -0.25) is 4.79 Å². The summed E-state index contributed by atoms with van der Waals surface area (Å²) in [7, 11) is 1.94. The van der Waals surface area contributed by atoms with E-state index in [0.29, 0.717) is 11.3 Å². The number of hydrogen-bond acceptors (Lipinski definition) is 3. The first-order chi connectivity index (χ1) is 7.06. The molecule has 4 heteroatoms. The van der Waals surface area contributed by atoms with Crippen molar-refractivity contribution in [1.82, 2.24) is 0 Å². The molecule has 0 saturated heterocycles. The highest BCUT2D eigenvalue weighted by molar-refractivity contribution is 5.95. The molecule has 15 heavy (non-hydrogen) atoms. The third-order valence-corrected chi connectivity index (χ3v) is 2.29. The van der Waals surface area contributed by atoms with Crippen LogP contribution >= 0.6 is 0 Å². The van der Waals surface area contributed by atoms with Crippen molar-refractivity contribution in [3.05, 3.63) is 23.8 Å². The number of carbonyl (C=O) groups excluding carboxylic acids is 1. The van der Waals surface area contributed by atoms with Crippen LogP contribution in [-0.2, 0) is 0 Å². The van der Waals surface area contributed by atoms with Gasteiger partial charge in [-0.25, -0.2) is 0 Å². The topological polar surface area (TPSA) is 72.3 Å². The minimum atomic E-state index is -0.429. The van der Waals surface area contributed by atoms with Crippen molar-refractivity contribution in [1.29, 1.82) is 0 Å². The standard InChI is InChI=1S/C11H17N3O/c1-3-6-14(2)10-7-8(11(13)15)4-5-9(10)12/h4-5,7H,3,6,12H2,1-2H3,(H2,13,15). The number of nitrogens with two attached hydrogens (primary N) is 2. The quantitative estimate of drug-likeness (QED) is 0.729. The normalized spacial score (nSPS) is 10.0. The molecule has 0 spiro atoms. The maximum Gasteiger partial charge on any atom is 0.248 e. The van der Waals surface area contributed by atoms with Gasteiger partial charge in [-0.2, -0.15) is 0 Å². The van der Waals surface area contributed by atoms with E-state index in [-0.39, 0.29) is 0 Å². The third kappa shape index (κ3) is 2.62. The molecule has 0 aliphatic rings. The lowest BCUT2D eigenvalue weighted by Gasteiger charge is -2.20. The highest BCUT2D eigenvalue weighted by Crippen LogP contribution is 2.23. The van der Waals surface area contributed by atoms with Gasteiger partial charge in [0, 0.05) is 19.2 Å². The summed E-state index contributed by atoms with van der Waals surface area (Å²) >= 11 is 0. The number of primary amides is 1. The first-order valence-electron chi connectivity index (χ1n) is 4.96. The molecule has 1 aromatic carbocycles. The van der Waals surface area contributed by atoms with Crippen LogP contribution in [0.2, 0.25) is 0 Å². The van der Waals surface area contributed by atoms with Crippen molar-refractivity contribution in [3.63, 3.8) is 0 Å². The molecule has 0 heterocycles. The predicted molar refractivity (Wildman–Crippen MR) is 62.9 cm³/mol. The van der Waals surface area contributed by atoms with Gasteiger partial charge >= 0.3 is 0 Å². The largest absolute Gasteiger partial charge is 0.397 e. The molecule has 0 unspecified atom stereocenters. The molecule has 0 aliphatic heterocycles. The molecule has 0 aromatic heterocycles. The smallest absolute Gasteiger partial charge is 0.248 e. The van der Waals surface area contributed by atoms with Crippen LogP contribution in [0.25, 0.3) is 0 Å². The minimum absolute atomic E-state index is 0.429. The average molecular weight is 207 g/mol. The molecule has 82 valence electrons. The number of anilines is 2. The third-order valence-electron chi connectivity index (χ3n) is 2.29. The van der Waals surface area contributed by atoms with Crippen molar-refractivity contribution in [2.24, 2.45) is 5.73 Å². The first kappa shape index (κ1) is 11.4. The average Bonchev–Trinajstić information content (AvgIpc) is 2.18. The van der Waals surface area contributed by atoms with E-state index >= 15 is 0 Å². The summed E-state index contributed by atoms with van der Waals surface area (Å²) in [5, 5.41) is 0. The predicted octanol–water partition coefficient (Wildman–Crippen LogP) is 1.21. The zero-order valence-corrected chi connectivity index (χ0v) is 9.16. The van der Waals surface area contributed by atoms with Crippen LogP contribution in [0.5, 0.6) is 0 Å². The van der Waals surface area contributed by atoms with E-state index in [9.17, 15) is 4.79 Å². The first-order valence-corrected chi connectivity index (χ1v) is 4.96. The lowest BCUT2D eigenvalue weighted by Crippen LogP contribution is -2.20. The fourth-order valence-electron chi connectivity index (χ4n) is 1.48. The molecule has 0 bridgehead atoms. The van der Waals surface area contributed by atoms with Crippen molar-refractivity contribution >= 4 is 17.3 Å². The summed E-state index contributed by atoms with van der Waals surface area (Å²) in [5.41, 5.74) is 13.0. The number of benzene rings is 1. The minimum Gasteiger partial charge on any atom is -0.397 e. The van der Waals surface area contributed by atoms with Gasteiger partial charge in [-0.05, 0) is 24.6 Å². The van der Waals surface area contributed by atoms with Gasteiger partial charge in [0.05, 0.1) is 11.4 Å². The van der Waals surface area contributed by atoms with Gasteiger partial charge in [-0.15, -0.1) is 0 Å². The highest BCUT2D eigenvalue weighted by atomic mass is 16.1. The molecule has 0 fully saturated rings. The second-order valence-electron chi connectivity index (χ2n) is 3.56. The Morgan fingerprint density at radius 2 is 2.13 bits per heavy atom. The summed E-state index contributed by atoms with van der Waals surface area (Å²) in [6.07, 6.45) is 1.02. The molecular weight excluding hydrogens is 190 g/mol. The van der Waals surface area contributed by atoms with E-state index < -0.39 is 5.91 Å². The number of nitrogens with zero attached hydrogens (tertiary/aromatic N) is 1. The summed E-state index contributed by atoms with van der Waals surface area (Å²) in [6, 6.07) is 5.08. The van der Waals surface area contributed by atoms with Crippen molar-refractivity contribution in [2.45, 2.75) is 13.3 Å². The highest BCUT2D eigenvalue weighted by Gasteiger charge is 2.08. The summed E-state index contributed by atoms with van der Waals surface area (Å²) in [4.78, 5) is 13.0. The molecule has 0 aliphatic carbocycles. The SMILES string of the molecule is CCCN(C)c1cc(C(N)=O)ccc1N. The molecule has 0 radical (unpaired) electrons. The molecule has 4 N–H and O–H groups in total. The number of nitrogen functional groups attached to an aromatic ring is 1. The van der Waals surface area contributed by atoms with Crippen LogP contribution in [0.4, 0.5) is 11.4 Å². The Kier molecular flexibility index (Phi) is 3.55. The van der Waals surface area contributed by atoms with E-state index in [1.807, 2.05) is 11.9 Å². The van der Waals surface area contributed by atoms with Crippen molar-refractivity contribution < 1.29 is 4.79 Å². The lowest BCUT2D eigenvalue weighted by molar-refractivity contribution is 0.100. The molecule has 4 nitrogen and oxygen atoms in total. The van der Waals surface area contributed by atoms with Gasteiger partial charge in [0.1, 0.15) is 0 Å². The van der Waals surface area contributed by atoms with E-state index in [4.69, 9.17) is 11.5 Å². The zero-order chi connectivity index (χ0) is 11.4. The Morgan fingerprint density at radius 3 is 2.67 bits per heavy atom. The second kappa shape index (κ2) is 4.68. The Bertz CT molecular complexity index is 363. The summed E-state index contributed by atoms with van der Waals surface area (Å²) < 4.78 is 0. The molecule has 0 atom stereocenters. The fraction of sp³-hybridized carbons (Fsp3) is 0.364. The Balaban J connectivity index is 3.04. The maximum atomic E-state index is 11.0. The van der Waals surface area contributed by atoms with Crippen LogP contribution in [0.1, 0.15) is 23.7 Å². The molecule has 1 aromatic rings. The Hall–Kier alpha value is -1.71. The van der Waals surface area contributed by atoms with Gasteiger partial charge in [0.15, 0.2) is 0 Å². The van der Waals surface area contributed by atoms with Gasteiger partial charge in [0.2, 0.25) is 5.91 Å². The van der Waals surface area contributed by atoms with Crippen LogP contribution in [0.3, 0.4) is 0 Å². The number of carbonyl (C=O) groups is 1. The fourth-order valence-corrected chi connectivity index (χ4v) is 1.48. The van der Waals surface area contributed by atoms with Crippen LogP contribution in [0, 0.1) is 0 Å². The van der Waals surface area contributed by atoms with Gasteiger partial charge < -0.3 is 16.4 Å². The van der Waals surface area contributed by atoms with Crippen molar-refractivity contribution in [3.8, 4) is 0 Å². The number of amides is 1. The van der Waals surface area contributed by atoms with Crippen LogP contribution in [0.15, 0.2) is 18.2 Å². The lowest BCUT2D eigenvalue weighted by atomic mass is 10.1. The van der Waals surface area contributed by atoms with E-state index in [1.54, 1.807) is 18.2 Å². The van der Waals surface area contributed by atoms with Crippen LogP contribution < -0.4 is 16.4 Å². The number of rotatable bonds is 4. The molecule has 1 amide bonds.